The summed E-state index contributed by atoms with van der Waals surface area (Å²) in [6.07, 6.45) is 4.93. The molecule has 96 valence electrons. The molecule has 0 spiro atoms. The van der Waals surface area contributed by atoms with E-state index in [2.05, 4.69) is 5.32 Å². The van der Waals surface area contributed by atoms with Gasteiger partial charge in [0, 0.05) is 5.69 Å². The molecule has 0 saturated heterocycles. The zero-order valence-corrected chi connectivity index (χ0v) is 11.2. The molecule has 0 aliphatic heterocycles. The Hall–Kier alpha value is -1.80. The molecule has 0 aromatic heterocycles. The van der Waals surface area contributed by atoms with E-state index in [1.54, 1.807) is 0 Å². The molecule has 0 saturated carbocycles. The van der Waals surface area contributed by atoms with Gasteiger partial charge in [0.05, 0.1) is 0 Å². The first-order valence-corrected chi connectivity index (χ1v) is 7.18. The fourth-order valence-electron chi connectivity index (χ4n) is 1.56. The molecule has 0 bridgehead atoms. The zero-order valence-electron chi connectivity index (χ0n) is 10.4. The Morgan fingerprint density at radius 1 is 1.33 bits per heavy atom. The van der Waals surface area contributed by atoms with E-state index < -0.39 is 27.3 Å². The van der Waals surface area contributed by atoms with Crippen LogP contribution >= 0.6 is 0 Å². The predicted octanol–water partition coefficient (Wildman–Crippen LogP) is 1.29. The minimum Gasteiger partial charge on any atom is -0.325 e. The van der Waals surface area contributed by atoms with Crippen molar-refractivity contribution < 1.29 is 13.2 Å². The lowest BCUT2D eigenvalue weighted by Crippen LogP contribution is -2.25. The van der Waals surface area contributed by atoms with Crippen LogP contribution in [0.1, 0.15) is 11.1 Å². The SMILES string of the molecule is C#CCS(=O)(=O)CC(=O)Nc1c(C)cccc1C. The number of nitrogens with one attached hydrogen (secondary N) is 1. The molecular formula is C13H15NO3S. The molecule has 1 N–H and O–H groups in total. The monoisotopic (exact) mass is 265 g/mol. The van der Waals surface area contributed by atoms with Crippen molar-refractivity contribution in [3.63, 3.8) is 0 Å². The van der Waals surface area contributed by atoms with Crippen molar-refractivity contribution in [2.75, 3.05) is 16.8 Å². The fourth-order valence-corrected chi connectivity index (χ4v) is 2.39. The van der Waals surface area contributed by atoms with E-state index in [-0.39, 0.29) is 0 Å². The van der Waals surface area contributed by atoms with Crippen molar-refractivity contribution >= 4 is 21.4 Å². The number of sulfone groups is 1. The largest absolute Gasteiger partial charge is 0.325 e. The fraction of sp³-hybridized carbons (Fsp3) is 0.308. The highest BCUT2D eigenvalue weighted by Crippen LogP contribution is 2.19. The van der Waals surface area contributed by atoms with Gasteiger partial charge in [-0.3, -0.25) is 4.79 Å². The van der Waals surface area contributed by atoms with E-state index in [0.717, 1.165) is 11.1 Å². The predicted molar refractivity (Wildman–Crippen MR) is 72.0 cm³/mol. The Bertz CT molecular complexity index is 577. The normalized spacial score (nSPS) is 10.7. The minimum absolute atomic E-state index is 0.423. The second-order valence-corrected chi connectivity index (χ2v) is 6.12. The number of terminal acetylenes is 1. The summed E-state index contributed by atoms with van der Waals surface area (Å²) < 4.78 is 22.8. The van der Waals surface area contributed by atoms with Gasteiger partial charge in [0.25, 0.3) is 0 Å². The zero-order chi connectivity index (χ0) is 13.8. The molecule has 1 amide bonds. The average molecular weight is 265 g/mol. The Morgan fingerprint density at radius 3 is 2.39 bits per heavy atom. The van der Waals surface area contributed by atoms with E-state index in [1.807, 2.05) is 38.0 Å². The Morgan fingerprint density at radius 2 is 1.89 bits per heavy atom. The van der Waals surface area contributed by atoms with Crippen molar-refractivity contribution in [2.45, 2.75) is 13.8 Å². The summed E-state index contributed by atoms with van der Waals surface area (Å²) in [5.41, 5.74) is 2.42. The summed E-state index contributed by atoms with van der Waals surface area (Å²) in [4.78, 5) is 11.6. The summed E-state index contributed by atoms with van der Waals surface area (Å²) in [7, 11) is -3.52. The molecule has 1 aromatic rings. The van der Waals surface area contributed by atoms with Gasteiger partial charge in [-0.1, -0.05) is 24.1 Å². The topological polar surface area (TPSA) is 63.2 Å². The molecule has 0 atom stereocenters. The first-order valence-electron chi connectivity index (χ1n) is 5.35. The third-order valence-corrected chi connectivity index (χ3v) is 3.71. The summed E-state index contributed by atoms with van der Waals surface area (Å²) in [5.74, 6) is 0.449. The van der Waals surface area contributed by atoms with E-state index in [1.165, 1.54) is 0 Å². The number of anilines is 1. The van der Waals surface area contributed by atoms with Crippen molar-refractivity contribution in [1.82, 2.24) is 0 Å². The molecular weight excluding hydrogens is 250 g/mol. The number of para-hydroxylation sites is 1. The lowest BCUT2D eigenvalue weighted by Gasteiger charge is -2.11. The minimum atomic E-state index is -3.52. The van der Waals surface area contributed by atoms with E-state index in [9.17, 15) is 13.2 Å². The maximum absolute atomic E-state index is 11.6. The van der Waals surface area contributed by atoms with Crippen LogP contribution in [0.5, 0.6) is 0 Å². The van der Waals surface area contributed by atoms with Crippen LogP contribution < -0.4 is 5.32 Å². The molecule has 18 heavy (non-hydrogen) atoms. The number of rotatable bonds is 4. The van der Waals surface area contributed by atoms with Crippen LogP contribution in [0.3, 0.4) is 0 Å². The van der Waals surface area contributed by atoms with Gasteiger partial charge >= 0.3 is 0 Å². The standard InChI is InChI=1S/C13H15NO3S/c1-4-8-18(16,17)9-12(15)14-13-10(2)6-5-7-11(13)3/h1,5-7H,8-9H2,2-3H3,(H,14,15). The second kappa shape index (κ2) is 5.69. The lowest BCUT2D eigenvalue weighted by atomic mass is 10.1. The molecule has 0 aliphatic rings. The molecule has 0 fully saturated rings. The highest BCUT2D eigenvalue weighted by molar-refractivity contribution is 7.92. The third kappa shape index (κ3) is 3.90. The number of amides is 1. The number of hydrogen-bond donors (Lipinski definition) is 1. The summed E-state index contributed by atoms with van der Waals surface area (Å²) >= 11 is 0. The number of carbonyl (C=O) groups excluding carboxylic acids is 1. The molecule has 4 nitrogen and oxygen atoms in total. The van der Waals surface area contributed by atoms with Crippen LogP contribution in [0, 0.1) is 26.2 Å². The Balaban J connectivity index is 2.81. The highest BCUT2D eigenvalue weighted by atomic mass is 32.2. The van der Waals surface area contributed by atoms with Crippen molar-refractivity contribution in [3.05, 3.63) is 29.3 Å². The van der Waals surface area contributed by atoms with Gasteiger partial charge in [0.15, 0.2) is 9.84 Å². The first-order chi connectivity index (χ1) is 8.35. The van der Waals surface area contributed by atoms with Crippen LogP contribution in [-0.4, -0.2) is 25.8 Å². The summed E-state index contributed by atoms with van der Waals surface area (Å²) in [6, 6.07) is 5.56. The smallest absolute Gasteiger partial charge is 0.239 e. The summed E-state index contributed by atoms with van der Waals surface area (Å²) in [6.45, 7) is 3.69. The summed E-state index contributed by atoms with van der Waals surface area (Å²) in [5, 5.41) is 2.61. The van der Waals surface area contributed by atoms with Crippen molar-refractivity contribution in [3.8, 4) is 12.3 Å². The third-order valence-electron chi connectivity index (χ3n) is 2.40. The number of aryl methyl sites for hydroxylation is 2. The molecule has 0 radical (unpaired) electrons. The van der Waals surface area contributed by atoms with E-state index >= 15 is 0 Å². The van der Waals surface area contributed by atoms with Crippen LogP contribution in [-0.2, 0) is 14.6 Å². The van der Waals surface area contributed by atoms with Gasteiger partial charge in [-0.2, -0.15) is 0 Å². The van der Waals surface area contributed by atoms with Gasteiger partial charge < -0.3 is 5.32 Å². The highest BCUT2D eigenvalue weighted by Gasteiger charge is 2.16. The van der Waals surface area contributed by atoms with Crippen molar-refractivity contribution in [2.24, 2.45) is 0 Å². The molecule has 0 heterocycles. The van der Waals surface area contributed by atoms with E-state index in [0.29, 0.717) is 5.69 Å². The van der Waals surface area contributed by atoms with Gasteiger partial charge in [-0.15, -0.1) is 6.42 Å². The van der Waals surface area contributed by atoms with Gasteiger partial charge in [-0.05, 0) is 25.0 Å². The van der Waals surface area contributed by atoms with Crippen LogP contribution in [0.15, 0.2) is 18.2 Å². The molecule has 1 rings (SSSR count). The molecule has 0 unspecified atom stereocenters. The van der Waals surface area contributed by atoms with Crippen LogP contribution in [0.4, 0.5) is 5.69 Å². The number of hydrogen-bond acceptors (Lipinski definition) is 3. The maximum Gasteiger partial charge on any atom is 0.239 e. The average Bonchev–Trinajstić information content (AvgIpc) is 2.22. The van der Waals surface area contributed by atoms with Gasteiger partial charge in [-0.25, -0.2) is 8.42 Å². The number of benzene rings is 1. The maximum atomic E-state index is 11.6. The molecule has 5 heteroatoms. The van der Waals surface area contributed by atoms with Crippen LogP contribution in [0.2, 0.25) is 0 Å². The molecule has 1 aromatic carbocycles. The van der Waals surface area contributed by atoms with Gasteiger partial charge in [0.1, 0.15) is 11.5 Å². The quantitative estimate of drug-likeness (QED) is 0.834. The second-order valence-electron chi connectivity index (χ2n) is 4.05. The Labute approximate surface area is 107 Å². The first kappa shape index (κ1) is 14.3. The van der Waals surface area contributed by atoms with Crippen LogP contribution in [0.25, 0.3) is 0 Å². The molecule has 0 aliphatic carbocycles. The lowest BCUT2D eigenvalue weighted by molar-refractivity contribution is -0.113. The Kier molecular flexibility index (Phi) is 4.51. The van der Waals surface area contributed by atoms with Crippen molar-refractivity contribution in [1.29, 1.82) is 0 Å². The van der Waals surface area contributed by atoms with Gasteiger partial charge in [0.2, 0.25) is 5.91 Å². The number of carbonyl (C=O) groups is 1. The van der Waals surface area contributed by atoms with E-state index in [4.69, 9.17) is 6.42 Å².